The van der Waals surface area contributed by atoms with Crippen LogP contribution in [0.4, 0.5) is 0 Å². The molecule has 0 aromatic heterocycles. The van der Waals surface area contributed by atoms with E-state index in [2.05, 4.69) is 36.1 Å². The van der Waals surface area contributed by atoms with Crippen molar-refractivity contribution >= 4 is 11.9 Å². The number of carbonyl (C=O) groups is 2. The first-order valence-corrected chi connectivity index (χ1v) is 13.3. The van der Waals surface area contributed by atoms with Crippen LogP contribution in [0, 0.1) is 5.92 Å². The number of rotatable bonds is 19. The molecule has 0 spiro atoms. The minimum absolute atomic E-state index is 0.00295. The Morgan fingerprint density at radius 1 is 0.970 bits per heavy atom. The van der Waals surface area contributed by atoms with Gasteiger partial charge in [-0.15, -0.1) is 0 Å². The Morgan fingerprint density at radius 2 is 1.61 bits per heavy atom. The van der Waals surface area contributed by atoms with E-state index >= 15 is 0 Å². The summed E-state index contributed by atoms with van der Waals surface area (Å²) in [5.74, 6) is -0.426. The molecule has 2 atom stereocenters. The second-order valence-corrected chi connectivity index (χ2v) is 9.73. The summed E-state index contributed by atoms with van der Waals surface area (Å²) in [6.45, 7) is 3.57. The smallest absolute Gasteiger partial charge is 0.311 e. The number of esters is 1. The van der Waals surface area contributed by atoms with Crippen LogP contribution in [0.5, 0.6) is 0 Å². The van der Waals surface area contributed by atoms with Crippen molar-refractivity contribution in [2.24, 2.45) is 5.92 Å². The lowest BCUT2D eigenvalue weighted by molar-refractivity contribution is -0.149. The van der Waals surface area contributed by atoms with E-state index in [9.17, 15) is 9.59 Å². The molecule has 0 bridgehead atoms. The number of unbranched alkanes of at least 4 members (excludes halogenated alkanes) is 8. The number of amides is 1. The fourth-order valence-corrected chi connectivity index (χ4v) is 4.38. The van der Waals surface area contributed by atoms with Crippen LogP contribution < -0.4 is 0 Å². The van der Waals surface area contributed by atoms with Gasteiger partial charge in [-0.1, -0.05) is 69.8 Å². The van der Waals surface area contributed by atoms with E-state index < -0.39 is 0 Å². The highest BCUT2D eigenvalue weighted by atomic mass is 16.5. The molecule has 190 valence electrons. The van der Waals surface area contributed by atoms with E-state index in [0.717, 1.165) is 45.1 Å². The van der Waals surface area contributed by atoms with Crippen molar-refractivity contribution in [1.82, 2.24) is 9.80 Å². The topological polar surface area (TPSA) is 49.9 Å². The lowest BCUT2D eigenvalue weighted by Gasteiger charge is -2.24. The Labute approximate surface area is 203 Å². The first-order valence-electron chi connectivity index (χ1n) is 13.3. The van der Waals surface area contributed by atoms with Gasteiger partial charge in [0.15, 0.2) is 0 Å². The van der Waals surface area contributed by atoms with Crippen molar-refractivity contribution in [2.45, 2.75) is 103 Å². The number of carbonyl (C=O) groups excluding carboxylic acids is 2. The van der Waals surface area contributed by atoms with Gasteiger partial charge in [0.25, 0.3) is 0 Å². The van der Waals surface area contributed by atoms with Crippen molar-refractivity contribution in [3.05, 3.63) is 24.3 Å². The normalized spacial score (nSPS) is 18.9. The molecule has 1 amide bonds. The van der Waals surface area contributed by atoms with Crippen LogP contribution in [0.2, 0.25) is 0 Å². The summed E-state index contributed by atoms with van der Waals surface area (Å²) in [5.41, 5.74) is 0. The summed E-state index contributed by atoms with van der Waals surface area (Å²) >= 11 is 0. The molecule has 1 fully saturated rings. The minimum Gasteiger partial charge on any atom is -0.465 e. The van der Waals surface area contributed by atoms with Gasteiger partial charge in [-0.25, -0.2) is 0 Å². The molecule has 0 radical (unpaired) electrons. The highest BCUT2D eigenvalue weighted by Gasteiger charge is 2.42. The van der Waals surface area contributed by atoms with E-state index in [1.165, 1.54) is 44.9 Å². The molecule has 1 saturated heterocycles. The van der Waals surface area contributed by atoms with Crippen molar-refractivity contribution < 1.29 is 14.3 Å². The maximum Gasteiger partial charge on any atom is 0.311 e. The van der Waals surface area contributed by atoms with E-state index in [1.54, 1.807) is 4.90 Å². The molecule has 1 heterocycles. The number of likely N-dealkylation sites (tertiary alicyclic amines) is 1. The van der Waals surface area contributed by atoms with E-state index in [4.69, 9.17) is 4.74 Å². The van der Waals surface area contributed by atoms with Crippen LogP contribution in [0.15, 0.2) is 24.3 Å². The number of hydrogen-bond acceptors (Lipinski definition) is 4. The average molecular weight is 463 g/mol. The molecular formula is C28H50N2O3. The zero-order valence-corrected chi connectivity index (χ0v) is 21.9. The number of nitrogens with zero attached hydrogens (tertiary/aromatic N) is 2. The van der Waals surface area contributed by atoms with E-state index in [0.29, 0.717) is 13.0 Å². The fourth-order valence-electron chi connectivity index (χ4n) is 4.38. The van der Waals surface area contributed by atoms with Gasteiger partial charge in [-0.2, -0.15) is 0 Å². The molecule has 1 aliphatic rings. The monoisotopic (exact) mass is 462 g/mol. The molecular weight excluding hydrogens is 412 g/mol. The second-order valence-electron chi connectivity index (χ2n) is 9.73. The third-order valence-electron chi connectivity index (χ3n) is 6.50. The van der Waals surface area contributed by atoms with Crippen LogP contribution >= 0.6 is 0 Å². The van der Waals surface area contributed by atoms with Crippen LogP contribution in [0.1, 0.15) is 96.8 Å². The first kappa shape index (κ1) is 29.4. The average Bonchev–Trinajstić information content (AvgIpc) is 3.07. The lowest BCUT2D eigenvalue weighted by atomic mass is 9.95. The van der Waals surface area contributed by atoms with Crippen LogP contribution in [0.25, 0.3) is 0 Å². The first-order chi connectivity index (χ1) is 16.0. The molecule has 0 aliphatic carbocycles. The predicted molar refractivity (Wildman–Crippen MR) is 138 cm³/mol. The molecule has 0 aromatic carbocycles. The Hall–Kier alpha value is -1.62. The van der Waals surface area contributed by atoms with E-state index in [-0.39, 0.29) is 23.8 Å². The molecule has 0 saturated carbocycles. The van der Waals surface area contributed by atoms with Crippen LogP contribution in [-0.2, 0) is 14.3 Å². The molecule has 0 unspecified atom stereocenters. The fraction of sp³-hybridized carbons (Fsp3) is 0.786. The molecule has 5 nitrogen and oxygen atoms in total. The second kappa shape index (κ2) is 18.8. The maximum absolute atomic E-state index is 12.5. The third kappa shape index (κ3) is 13.6. The van der Waals surface area contributed by atoms with Crippen molar-refractivity contribution in [3.8, 4) is 0 Å². The zero-order chi connectivity index (χ0) is 24.3. The van der Waals surface area contributed by atoms with Crippen molar-refractivity contribution in [2.75, 3.05) is 34.3 Å². The number of allylic oxidation sites excluding steroid dienone is 4. The van der Waals surface area contributed by atoms with Gasteiger partial charge in [0.05, 0.1) is 12.5 Å². The van der Waals surface area contributed by atoms with Gasteiger partial charge in [0, 0.05) is 26.1 Å². The molecule has 1 aliphatic heterocycles. The third-order valence-corrected chi connectivity index (χ3v) is 6.50. The molecule has 0 aromatic rings. The van der Waals surface area contributed by atoms with Crippen LogP contribution in [0.3, 0.4) is 0 Å². The highest BCUT2D eigenvalue weighted by molar-refractivity contribution is 5.87. The molecule has 1 rings (SSSR count). The Kier molecular flexibility index (Phi) is 16.7. The predicted octanol–water partition coefficient (Wildman–Crippen LogP) is 6.14. The highest BCUT2D eigenvalue weighted by Crippen LogP contribution is 2.29. The van der Waals surface area contributed by atoms with Crippen LogP contribution in [-0.4, -0.2) is 62.0 Å². The van der Waals surface area contributed by atoms with Gasteiger partial charge in [0.2, 0.25) is 5.91 Å². The summed E-state index contributed by atoms with van der Waals surface area (Å²) in [6, 6.07) is -0.00295. The number of ether oxygens (including phenoxy) is 1. The molecule has 5 heteroatoms. The standard InChI is InChI=1S/C28H50N2O3/c1-5-6-7-8-9-10-11-12-13-14-15-16-17-18-19-21-26-25(24-27(31)30(26)4)28(32)33-23-20-22-29(2)3/h9-10,12-13,25-26H,5-8,11,14-24H2,1-4H3/b10-9-,13-12-/t25-,26+/m0/s1. The summed E-state index contributed by atoms with van der Waals surface area (Å²) in [6.07, 6.45) is 24.5. The number of hydrogen-bond donors (Lipinski definition) is 0. The Bertz CT molecular complexity index is 586. The summed E-state index contributed by atoms with van der Waals surface area (Å²) in [4.78, 5) is 28.6. The van der Waals surface area contributed by atoms with Gasteiger partial charge >= 0.3 is 5.97 Å². The van der Waals surface area contributed by atoms with Gasteiger partial charge in [-0.3, -0.25) is 9.59 Å². The Balaban J connectivity index is 2.13. The van der Waals surface area contributed by atoms with Crippen molar-refractivity contribution in [1.29, 1.82) is 0 Å². The van der Waals surface area contributed by atoms with E-state index in [1.807, 2.05) is 21.1 Å². The molecule has 33 heavy (non-hydrogen) atoms. The van der Waals surface area contributed by atoms with Gasteiger partial charge in [0.1, 0.15) is 0 Å². The van der Waals surface area contributed by atoms with Gasteiger partial charge < -0.3 is 14.5 Å². The Morgan fingerprint density at radius 3 is 2.27 bits per heavy atom. The quantitative estimate of drug-likeness (QED) is 0.131. The van der Waals surface area contributed by atoms with Crippen molar-refractivity contribution in [3.63, 3.8) is 0 Å². The SMILES string of the molecule is CCCCC/C=C\C/C=C\CCCCCCC[C@@H]1[C@@H](C(=O)OCCCN(C)C)CC(=O)N1C. The molecule has 0 N–H and O–H groups in total. The summed E-state index contributed by atoms with van der Waals surface area (Å²) in [5, 5.41) is 0. The van der Waals surface area contributed by atoms with Gasteiger partial charge in [-0.05, 0) is 59.0 Å². The maximum atomic E-state index is 12.5. The minimum atomic E-state index is -0.298. The zero-order valence-electron chi connectivity index (χ0n) is 21.9. The summed E-state index contributed by atoms with van der Waals surface area (Å²) < 4.78 is 5.48. The lowest BCUT2D eigenvalue weighted by Crippen LogP contribution is -2.35. The summed E-state index contributed by atoms with van der Waals surface area (Å²) in [7, 11) is 5.85. The largest absolute Gasteiger partial charge is 0.465 e.